The molecule has 1 aliphatic heterocycles. The summed E-state index contributed by atoms with van der Waals surface area (Å²) < 4.78 is 25.4. The summed E-state index contributed by atoms with van der Waals surface area (Å²) >= 11 is 6.08. The average molecular weight is 345 g/mol. The minimum absolute atomic E-state index is 0.00540. The summed E-state index contributed by atoms with van der Waals surface area (Å²) in [6.07, 6.45) is 3.37. The quantitative estimate of drug-likeness (QED) is 0.824. The molecule has 0 bridgehead atoms. The first-order chi connectivity index (χ1) is 10.3. The molecule has 1 fully saturated rings. The van der Waals surface area contributed by atoms with Crippen molar-refractivity contribution >= 4 is 33.2 Å². The maximum absolute atomic E-state index is 12.1. The van der Waals surface area contributed by atoms with Crippen molar-refractivity contribution < 1.29 is 13.2 Å². The molecule has 7 heteroatoms. The lowest BCUT2D eigenvalue weighted by molar-refractivity contribution is -0.129. The smallest absolute Gasteiger partial charge is 0.232 e. The van der Waals surface area contributed by atoms with Gasteiger partial charge in [-0.2, -0.15) is 0 Å². The highest BCUT2D eigenvalue weighted by molar-refractivity contribution is 7.92. The highest BCUT2D eigenvalue weighted by Crippen LogP contribution is 2.28. The molecule has 1 saturated heterocycles. The van der Waals surface area contributed by atoms with Gasteiger partial charge in [-0.25, -0.2) is 8.42 Å². The molecule has 122 valence electrons. The van der Waals surface area contributed by atoms with Crippen molar-refractivity contribution in [2.24, 2.45) is 0 Å². The number of carbonyl (C=O) groups is 1. The van der Waals surface area contributed by atoms with Crippen LogP contribution in [-0.4, -0.2) is 45.1 Å². The standard InChI is InChI=1S/C15H21ClN2O3S/c1-12-13(16)6-5-7-14(12)18(22(2,20)21)11-8-15(19)17-9-3-4-10-17/h5-7H,3-4,8-11H2,1-2H3. The van der Waals surface area contributed by atoms with Gasteiger partial charge in [0.2, 0.25) is 15.9 Å². The summed E-state index contributed by atoms with van der Waals surface area (Å²) in [6.45, 7) is 3.45. The van der Waals surface area contributed by atoms with Crippen molar-refractivity contribution in [2.75, 3.05) is 30.2 Å². The molecule has 22 heavy (non-hydrogen) atoms. The van der Waals surface area contributed by atoms with Crippen LogP contribution in [0.2, 0.25) is 5.02 Å². The first-order valence-corrected chi connectivity index (χ1v) is 9.54. The Balaban J connectivity index is 2.17. The number of anilines is 1. The molecule has 1 heterocycles. The molecule has 1 aromatic carbocycles. The Hall–Kier alpha value is -1.27. The maximum atomic E-state index is 12.1. The molecule has 5 nitrogen and oxygen atoms in total. The lowest BCUT2D eigenvalue weighted by atomic mass is 10.2. The number of hydrogen-bond donors (Lipinski definition) is 0. The van der Waals surface area contributed by atoms with E-state index in [1.54, 1.807) is 30.0 Å². The third-order valence-electron chi connectivity index (χ3n) is 3.90. The summed E-state index contributed by atoms with van der Waals surface area (Å²) in [5.74, 6) is 0.00540. The van der Waals surface area contributed by atoms with Gasteiger partial charge in [-0.1, -0.05) is 17.7 Å². The highest BCUT2D eigenvalue weighted by atomic mass is 35.5. The molecule has 0 saturated carbocycles. The van der Waals surface area contributed by atoms with Gasteiger partial charge in [-0.15, -0.1) is 0 Å². The summed E-state index contributed by atoms with van der Waals surface area (Å²) in [4.78, 5) is 13.9. The van der Waals surface area contributed by atoms with E-state index in [1.165, 1.54) is 4.31 Å². The van der Waals surface area contributed by atoms with Crippen molar-refractivity contribution in [1.29, 1.82) is 0 Å². The number of sulfonamides is 1. The van der Waals surface area contributed by atoms with Gasteiger partial charge in [0.15, 0.2) is 0 Å². The lowest BCUT2D eigenvalue weighted by Crippen LogP contribution is -2.36. The SMILES string of the molecule is Cc1c(Cl)cccc1N(CCC(=O)N1CCCC1)S(C)(=O)=O. The third kappa shape index (κ3) is 3.93. The predicted molar refractivity (Wildman–Crippen MR) is 88.8 cm³/mol. The van der Waals surface area contributed by atoms with E-state index in [0.717, 1.165) is 32.2 Å². The molecular weight excluding hydrogens is 324 g/mol. The van der Waals surface area contributed by atoms with Crippen LogP contribution in [0.1, 0.15) is 24.8 Å². The van der Waals surface area contributed by atoms with Crippen LogP contribution in [0.15, 0.2) is 18.2 Å². The Morgan fingerprint density at radius 3 is 2.55 bits per heavy atom. The number of nitrogens with zero attached hydrogens (tertiary/aromatic N) is 2. The first kappa shape index (κ1) is 17.1. The van der Waals surface area contributed by atoms with Crippen LogP contribution in [0.25, 0.3) is 0 Å². The van der Waals surface area contributed by atoms with Gasteiger partial charge >= 0.3 is 0 Å². The van der Waals surface area contributed by atoms with Crippen LogP contribution in [0, 0.1) is 6.92 Å². The zero-order chi connectivity index (χ0) is 16.3. The summed E-state index contributed by atoms with van der Waals surface area (Å²) in [5, 5.41) is 0.511. The Morgan fingerprint density at radius 2 is 1.95 bits per heavy atom. The van der Waals surface area contributed by atoms with Gasteiger partial charge in [0.05, 0.1) is 11.9 Å². The van der Waals surface area contributed by atoms with Crippen molar-refractivity contribution in [3.8, 4) is 0 Å². The lowest BCUT2D eigenvalue weighted by Gasteiger charge is -2.25. The van der Waals surface area contributed by atoms with Crippen LogP contribution in [0.3, 0.4) is 0 Å². The van der Waals surface area contributed by atoms with Gasteiger partial charge in [-0.05, 0) is 37.5 Å². The number of carbonyl (C=O) groups excluding carboxylic acids is 1. The van der Waals surface area contributed by atoms with Crippen LogP contribution in [-0.2, 0) is 14.8 Å². The Morgan fingerprint density at radius 1 is 1.32 bits per heavy atom. The largest absolute Gasteiger partial charge is 0.343 e. The molecule has 0 aliphatic carbocycles. The predicted octanol–water partition coefficient (Wildman–Crippen LogP) is 2.43. The number of benzene rings is 1. The highest BCUT2D eigenvalue weighted by Gasteiger charge is 2.23. The van der Waals surface area contributed by atoms with Crippen molar-refractivity contribution in [3.05, 3.63) is 28.8 Å². The van der Waals surface area contributed by atoms with E-state index in [2.05, 4.69) is 0 Å². The molecule has 0 atom stereocenters. The van der Waals surface area contributed by atoms with E-state index in [4.69, 9.17) is 11.6 Å². The van der Waals surface area contributed by atoms with E-state index in [-0.39, 0.29) is 18.9 Å². The van der Waals surface area contributed by atoms with Crippen molar-refractivity contribution in [3.63, 3.8) is 0 Å². The van der Waals surface area contributed by atoms with Gasteiger partial charge in [0.1, 0.15) is 0 Å². The first-order valence-electron chi connectivity index (χ1n) is 7.31. The van der Waals surface area contributed by atoms with Gasteiger partial charge in [0.25, 0.3) is 0 Å². The second-order valence-corrected chi connectivity index (χ2v) is 7.87. The summed E-state index contributed by atoms with van der Waals surface area (Å²) in [7, 11) is -3.47. The zero-order valence-electron chi connectivity index (χ0n) is 12.9. The fourth-order valence-electron chi connectivity index (χ4n) is 2.65. The Kier molecular flexibility index (Phi) is 5.34. The van der Waals surface area contributed by atoms with Gasteiger partial charge in [-0.3, -0.25) is 9.10 Å². The van der Waals surface area contributed by atoms with E-state index >= 15 is 0 Å². The minimum Gasteiger partial charge on any atom is -0.343 e. The molecule has 0 radical (unpaired) electrons. The molecule has 1 aromatic rings. The number of amides is 1. The van der Waals surface area contributed by atoms with Crippen LogP contribution >= 0.6 is 11.6 Å². The van der Waals surface area contributed by atoms with Gasteiger partial charge < -0.3 is 4.90 Å². The molecular formula is C15H21ClN2O3S. The normalized spacial score (nSPS) is 15.1. The fraction of sp³-hybridized carbons (Fsp3) is 0.533. The van der Waals surface area contributed by atoms with E-state index in [1.807, 2.05) is 0 Å². The molecule has 1 amide bonds. The Labute approximate surface area is 136 Å². The molecule has 0 unspecified atom stereocenters. The third-order valence-corrected chi connectivity index (χ3v) is 5.49. The number of rotatable bonds is 5. The van der Waals surface area contributed by atoms with E-state index in [9.17, 15) is 13.2 Å². The molecule has 1 aliphatic rings. The van der Waals surface area contributed by atoms with Crippen LogP contribution in [0.5, 0.6) is 0 Å². The number of hydrogen-bond acceptors (Lipinski definition) is 3. The maximum Gasteiger partial charge on any atom is 0.232 e. The fourth-order valence-corrected chi connectivity index (χ4v) is 3.80. The Bertz CT molecular complexity index is 655. The second-order valence-electron chi connectivity index (χ2n) is 5.56. The van der Waals surface area contributed by atoms with Crippen LogP contribution < -0.4 is 4.31 Å². The molecule has 2 rings (SSSR count). The van der Waals surface area contributed by atoms with Gasteiger partial charge in [0, 0.05) is 31.1 Å². The van der Waals surface area contributed by atoms with Crippen LogP contribution in [0.4, 0.5) is 5.69 Å². The van der Waals surface area contributed by atoms with E-state index < -0.39 is 10.0 Å². The number of likely N-dealkylation sites (tertiary alicyclic amines) is 1. The molecule has 0 N–H and O–H groups in total. The summed E-state index contributed by atoms with van der Waals surface area (Å²) in [5.41, 5.74) is 1.23. The topological polar surface area (TPSA) is 57.7 Å². The van der Waals surface area contributed by atoms with Crippen molar-refractivity contribution in [1.82, 2.24) is 4.90 Å². The van der Waals surface area contributed by atoms with Crippen molar-refractivity contribution in [2.45, 2.75) is 26.2 Å². The average Bonchev–Trinajstić information content (AvgIpc) is 2.96. The monoisotopic (exact) mass is 344 g/mol. The zero-order valence-corrected chi connectivity index (χ0v) is 14.5. The molecule has 0 spiro atoms. The van der Waals surface area contributed by atoms with E-state index in [0.29, 0.717) is 16.3 Å². The number of halogens is 1. The minimum atomic E-state index is -3.47. The molecule has 0 aromatic heterocycles. The second kappa shape index (κ2) is 6.87. The summed E-state index contributed by atoms with van der Waals surface area (Å²) in [6, 6.07) is 5.14.